The van der Waals surface area contributed by atoms with Crippen molar-refractivity contribution in [2.45, 2.75) is 13.5 Å². The molecule has 0 aromatic heterocycles. The van der Waals surface area contributed by atoms with Crippen molar-refractivity contribution in [2.24, 2.45) is 0 Å². The molecular weight excluding hydrogens is 244 g/mol. The maximum Gasteiger partial charge on any atom is 0.161 e. The lowest BCUT2D eigenvalue weighted by atomic mass is 10.2. The summed E-state index contributed by atoms with van der Waals surface area (Å²) in [6.45, 7) is 6.82. The molecule has 0 radical (unpaired) electrons. The highest BCUT2D eigenvalue weighted by atomic mass is 16.5. The van der Waals surface area contributed by atoms with E-state index in [9.17, 15) is 0 Å². The Morgan fingerprint density at radius 3 is 2.74 bits per heavy atom. The van der Waals surface area contributed by atoms with Crippen molar-refractivity contribution in [1.82, 2.24) is 10.4 Å². The van der Waals surface area contributed by atoms with Crippen molar-refractivity contribution in [1.29, 1.82) is 0 Å². The zero-order valence-corrected chi connectivity index (χ0v) is 11.6. The molecule has 0 spiro atoms. The fourth-order valence-electron chi connectivity index (χ4n) is 2.02. The minimum Gasteiger partial charge on any atom is -0.493 e. The fourth-order valence-corrected chi connectivity index (χ4v) is 2.02. The third kappa shape index (κ3) is 4.09. The number of methoxy groups -OCH3 is 1. The van der Waals surface area contributed by atoms with Gasteiger partial charge in [-0.2, -0.15) is 0 Å². The summed E-state index contributed by atoms with van der Waals surface area (Å²) < 4.78 is 16.2. The number of hydrogen-bond acceptors (Lipinski definition) is 5. The Bertz CT molecular complexity index is 392. The molecule has 1 aromatic rings. The second-order valence-corrected chi connectivity index (χ2v) is 4.35. The zero-order valence-electron chi connectivity index (χ0n) is 11.6. The Balaban J connectivity index is 1.93. The molecule has 1 aliphatic heterocycles. The fraction of sp³-hybridized carbons (Fsp3) is 0.571. The molecule has 1 saturated heterocycles. The van der Waals surface area contributed by atoms with Gasteiger partial charge in [-0.3, -0.25) is 5.43 Å². The Morgan fingerprint density at radius 2 is 2.05 bits per heavy atom. The monoisotopic (exact) mass is 266 g/mol. The van der Waals surface area contributed by atoms with Gasteiger partial charge in [-0.05, 0) is 24.6 Å². The Kier molecular flexibility index (Phi) is 5.44. The molecule has 5 heteroatoms. The van der Waals surface area contributed by atoms with Crippen LogP contribution in [0, 0.1) is 0 Å². The lowest BCUT2D eigenvalue weighted by molar-refractivity contribution is 0.0105. The quantitative estimate of drug-likeness (QED) is 0.844. The number of hydrazine groups is 1. The van der Waals surface area contributed by atoms with Crippen molar-refractivity contribution in [2.75, 3.05) is 40.0 Å². The van der Waals surface area contributed by atoms with E-state index in [2.05, 4.69) is 16.5 Å². The molecule has 0 amide bonds. The molecule has 2 rings (SSSR count). The second-order valence-electron chi connectivity index (χ2n) is 4.35. The molecule has 1 heterocycles. The van der Waals surface area contributed by atoms with Crippen LogP contribution in [0.4, 0.5) is 0 Å². The molecule has 0 atom stereocenters. The zero-order chi connectivity index (χ0) is 13.5. The number of nitrogens with zero attached hydrogens (tertiary/aromatic N) is 1. The molecule has 0 aliphatic carbocycles. The van der Waals surface area contributed by atoms with E-state index in [4.69, 9.17) is 14.2 Å². The van der Waals surface area contributed by atoms with E-state index in [1.54, 1.807) is 7.11 Å². The van der Waals surface area contributed by atoms with Crippen LogP contribution in [0.25, 0.3) is 0 Å². The van der Waals surface area contributed by atoms with E-state index in [0.29, 0.717) is 6.61 Å². The van der Waals surface area contributed by atoms with Crippen LogP contribution < -0.4 is 14.9 Å². The first-order valence-corrected chi connectivity index (χ1v) is 6.69. The Morgan fingerprint density at radius 1 is 1.26 bits per heavy atom. The largest absolute Gasteiger partial charge is 0.493 e. The summed E-state index contributed by atoms with van der Waals surface area (Å²) in [5.41, 5.74) is 4.58. The van der Waals surface area contributed by atoms with Crippen LogP contribution in [0.3, 0.4) is 0 Å². The molecule has 106 valence electrons. The van der Waals surface area contributed by atoms with Crippen LogP contribution in [0.1, 0.15) is 12.5 Å². The van der Waals surface area contributed by atoms with Crippen molar-refractivity contribution in [3.05, 3.63) is 23.8 Å². The van der Waals surface area contributed by atoms with Gasteiger partial charge in [0.05, 0.1) is 26.9 Å². The highest BCUT2D eigenvalue weighted by Gasteiger charge is 2.10. The standard InChI is InChI=1S/C14H22N2O3/c1-3-19-14-10-12(4-5-13(14)17-2)11-15-16-6-8-18-9-7-16/h4-5,10,15H,3,6-9,11H2,1-2H3. The number of morpholine rings is 1. The van der Waals surface area contributed by atoms with Gasteiger partial charge in [0, 0.05) is 19.6 Å². The first-order valence-electron chi connectivity index (χ1n) is 6.69. The summed E-state index contributed by atoms with van der Waals surface area (Å²) >= 11 is 0. The van der Waals surface area contributed by atoms with Gasteiger partial charge in [0.1, 0.15) is 0 Å². The van der Waals surface area contributed by atoms with Gasteiger partial charge in [0.2, 0.25) is 0 Å². The van der Waals surface area contributed by atoms with Gasteiger partial charge < -0.3 is 14.2 Å². The summed E-state index contributed by atoms with van der Waals surface area (Å²) in [6, 6.07) is 6.02. The number of nitrogens with one attached hydrogen (secondary N) is 1. The highest BCUT2D eigenvalue weighted by Crippen LogP contribution is 2.27. The summed E-state index contributed by atoms with van der Waals surface area (Å²) in [5.74, 6) is 1.57. The van der Waals surface area contributed by atoms with E-state index in [-0.39, 0.29) is 0 Å². The van der Waals surface area contributed by atoms with E-state index in [1.165, 1.54) is 5.56 Å². The van der Waals surface area contributed by atoms with Gasteiger partial charge in [0.25, 0.3) is 0 Å². The number of ether oxygens (including phenoxy) is 3. The van der Waals surface area contributed by atoms with Crippen LogP contribution in [0.15, 0.2) is 18.2 Å². The average molecular weight is 266 g/mol. The molecule has 0 saturated carbocycles. The number of benzene rings is 1. The highest BCUT2D eigenvalue weighted by molar-refractivity contribution is 5.42. The second kappa shape index (κ2) is 7.33. The van der Waals surface area contributed by atoms with Gasteiger partial charge in [-0.15, -0.1) is 0 Å². The lowest BCUT2D eigenvalue weighted by Crippen LogP contribution is -2.45. The molecule has 5 nitrogen and oxygen atoms in total. The Hall–Kier alpha value is -1.30. The molecule has 1 fully saturated rings. The predicted molar refractivity (Wildman–Crippen MR) is 73.4 cm³/mol. The van der Waals surface area contributed by atoms with Crippen molar-refractivity contribution in [3.63, 3.8) is 0 Å². The molecule has 1 aromatic carbocycles. The van der Waals surface area contributed by atoms with E-state index in [1.807, 2.05) is 19.1 Å². The van der Waals surface area contributed by atoms with Crippen LogP contribution in [0.5, 0.6) is 11.5 Å². The molecule has 0 bridgehead atoms. The van der Waals surface area contributed by atoms with Gasteiger partial charge >= 0.3 is 0 Å². The minimum atomic E-state index is 0.636. The first-order chi connectivity index (χ1) is 9.33. The SMILES string of the molecule is CCOc1cc(CNN2CCOCC2)ccc1OC. The third-order valence-corrected chi connectivity index (χ3v) is 3.05. The summed E-state index contributed by atoms with van der Waals surface area (Å²) in [4.78, 5) is 0. The summed E-state index contributed by atoms with van der Waals surface area (Å²) in [5, 5.41) is 2.19. The Labute approximate surface area is 114 Å². The lowest BCUT2D eigenvalue weighted by Gasteiger charge is -2.27. The van der Waals surface area contributed by atoms with Gasteiger partial charge in [0.15, 0.2) is 11.5 Å². The maximum atomic E-state index is 5.57. The van der Waals surface area contributed by atoms with E-state index < -0.39 is 0 Å². The van der Waals surface area contributed by atoms with Crippen LogP contribution >= 0.6 is 0 Å². The summed E-state index contributed by atoms with van der Waals surface area (Å²) in [6.07, 6.45) is 0. The summed E-state index contributed by atoms with van der Waals surface area (Å²) in [7, 11) is 1.66. The van der Waals surface area contributed by atoms with Gasteiger partial charge in [-0.25, -0.2) is 5.01 Å². The molecule has 1 N–H and O–H groups in total. The topological polar surface area (TPSA) is 43.0 Å². The molecule has 0 unspecified atom stereocenters. The van der Waals surface area contributed by atoms with Crippen molar-refractivity contribution in [3.8, 4) is 11.5 Å². The predicted octanol–water partition coefficient (Wildman–Crippen LogP) is 1.43. The molecule has 19 heavy (non-hydrogen) atoms. The number of hydrogen-bond donors (Lipinski definition) is 1. The third-order valence-electron chi connectivity index (χ3n) is 3.05. The number of rotatable bonds is 6. The van der Waals surface area contributed by atoms with E-state index >= 15 is 0 Å². The van der Waals surface area contributed by atoms with Gasteiger partial charge in [-0.1, -0.05) is 6.07 Å². The average Bonchev–Trinajstić information content (AvgIpc) is 2.47. The van der Waals surface area contributed by atoms with Crippen molar-refractivity contribution < 1.29 is 14.2 Å². The molecular formula is C14H22N2O3. The first kappa shape index (κ1) is 14.1. The minimum absolute atomic E-state index is 0.636. The molecule has 1 aliphatic rings. The smallest absolute Gasteiger partial charge is 0.161 e. The van der Waals surface area contributed by atoms with Crippen molar-refractivity contribution >= 4 is 0 Å². The van der Waals surface area contributed by atoms with Crippen LogP contribution in [0.2, 0.25) is 0 Å². The van der Waals surface area contributed by atoms with E-state index in [0.717, 1.165) is 44.3 Å². The maximum absolute atomic E-state index is 5.57. The van der Waals surface area contributed by atoms with Crippen LogP contribution in [-0.2, 0) is 11.3 Å². The normalized spacial score (nSPS) is 16.3. The van der Waals surface area contributed by atoms with Crippen LogP contribution in [-0.4, -0.2) is 45.0 Å².